The number of benzene rings is 1. The molecule has 4 rings (SSSR count). The van der Waals surface area contributed by atoms with E-state index in [1.807, 2.05) is 7.05 Å². The van der Waals surface area contributed by atoms with Crippen LogP contribution in [-0.4, -0.2) is 64.3 Å². The molecule has 0 radical (unpaired) electrons. The number of aromatic amines is 1. The standard InChI is InChI=1S/C16H18N8O2S2/c1-24-7-9(8-24)27-13-3-2-11(10-4-5-19-6-12(10)17)14(15(13)28(18,25)26)16-20-22-23-21-16/h2-6,9H,7-8,17H2,1H3,(H2,18,25,26)(H,20,21,22,23). The van der Waals surface area contributed by atoms with Gasteiger partial charge in [-0.2, -0.15) is 5.21 Å². The molecule has 146 valence electrons. The highest BCUT2D eigenvalue weighted by Gasteiger charge is 2.31. The number of nitrogen functional groups attached to an aromatic ring is 1. The Morgan fingerprint density at radius 3 is 2.64 bits per heavy atom. The van der Waals surface area contributed by atoms with Crippen molar-refractivity contribution < 1.29 is 8.42 Å². The van der Waals surface area contributed by atoms with Crippen molar-refractivity contribution in [3.05, 3.63) is 30.6 Å². The SMILES string of the molecule is CN1CC(Sc2ccc(-c3ccncc3N)c(-c3nn[nH]n3)c2S(N)(=O)=O)C1. The molecule has 1 fully saturated rings. The fraction of sp³-hybridized carbons (Fsp3) is 0.250. The molecule has 0 unspecified atom stereocenters. The number of thioether (sulfide) groups is 1. The number of hydrogen-bond acceptors (Lipinski definition) is 9. The lowest BCUT2D eigenvalue weighted by Gasteiger charge is -2.36. The lowest BCUT2D eigenvalue weighted by molar-refractivity contribution is 0.239. The van der Waals surface area contributed by atoms with Crippen LogP contribution in [0.1, 0.15) is 0 Å². The first-order valence-electron chi connectivity index (χ1n) is 8.33. The smallest absolute Gasteiger partial charge is 0.239 e. The maximum atomic E-state index is 12.6. The van der Waals surface area contributed by atoms with E-state index in [1.54, 1.807) is 24.4 Å². The normalized spacial score (nSPS) is 15.5. The highest BCUT2D eigenvalue weighted by atomic mass is 32.2. The topological polar surface area (TPSA) is 157 Å². The predicted molar refractivity (Wildman–Crippen MR) is 106 cm³/mol. The highest BCUT2D eigenvalue weighted by Crippen LogP contribution is 2.43. The molecule has 0 bridgehead atoms. The van der Waals surface area contributed by atoms with Crippen molar-refractivity contribution in [2.75, 3.05) is 25.9 Å². The molecular weight excluding hydrogens is 400 g/mol. The second-order valence-electron chi connectivity index (χ2n) is 6.52. The van der Waals surface area contributed by atoms with Gasteiger partial charge < -0.3 is 10.6 Å². The molecule has 2 aromatic heterocycles. The van der Waals surface area contributed by atoms with Crippen LogP contribution >= 0.6 is 11.8 Å². The molecule has 3 aromatic rings. The van der Waals surface area contributed by atoms with Crippen LogP contribution < -0.4 is 10.9 Å². The van der Waals surface area contributed by atoms with Crippen LogP contribution in [0.3, 0.4) is 0 Å². The summed E-state index contributed by atoms with van der Waals surface area (Å²) < 4.78 is 25.2. The van der Waals surface area contributed by atoms with Gasteiger partial charge in [0.2, 0.25) is 15.8 Å². The molecule has 0 saturated carbocycles. The van der Waals surface area contributed by atoms with E-state index in [2.05, 4.69) is 30.5 Å². The van der Waals surface area contributed by atoms with Crippen molar-refractivity contribution in [3.8, 4) is 22.5 Å². The largest absolute Gasteiger partial charge is 0.397 e. The van der Waals surface area contributed by atoms with Gasteiger partial charge in [-0.1, -0.05) is 6.07 Å². The van der Waals surface area contributed by atoms with Gasteiger partial charge in [-0.15, -0.1) is 22.0 Å². The van der Waals surface area contributed by atoms with Crippen LogP contribution in [-0.2, 0) is 10.0 Å². The first-order chi connectivity index (χ1) is 13.3. The molecule has 5 N–H and O–H groups in total. The molecule has 28 heavy (non-hydrogen) atoms. The quantitative estimate of drug-likeness (QED) is 0.538. The van der Waals surface area contributed by atoms with E-state index >= 15 is 0 Å². The summed E-state index contributed by atoms with van der Waals surface area (Å²) >= 11 is 1.48. The summed E-state index contributed by atoms with van der Waals surface area (Å²) in [6.45, 7) is 1.73. The Morgan fingerprint density at radius 1 is 1.25 bits per heavy atom. The summed E-state index contributed by atoms with van der Waals surface area (Å²) in [5.74, 6) is 0.128. The molecule has 1 aromatic carbocycles. The number of anilines is 1. The van der Waals surface area contributed by atoms with Gasteiger partial charge in [0.1, 0.15) is 4.90 Å². The zero-order valence-electron chi connectivity index (χ0n) is 14.9. The number of primary sulfonamides is 1. The predicted octanol–water partition coefficient (Wildman–Crippen LogP) is 0.564. The van der Waals surface area contributed by atoms with E-state index in [4.69, 9.17) is 10.9 Å². The van der Waals surface area contributed by atoms with Crippen molar-refractivity contribution in [2.24, 2.45) is 5.14 Å². The molecule has 12 heteroatoms. The van der Waals surface area contributed by atoms with Crippen LogP contribution in [0.5, 0.6) is 0 Å². The van der Waals surface area contributed by atoms with Crippen molar-refractivity contribution in [3.63, 3.8) is 0 Å². The number of rotatable bonds is 5. The van der Waals surface area contributed by atoms with Crippen molar-refractivity contribution in [2.45, 2.75) is 15.0 Å². The maximum absolute atomic E-state index is 12.6. The van der Waals surface area contributed by atoms with Crippen molar-refractivity contribution in [1.29, 1.82) is 0 Å². The van der Waals surface area contributed by atoms with Gasteiger partial charge >= 0.3 is 0 Å². The Morgan fingerprint density at radius 2 is 2.04 bits per heavy atom. The Balaban J connectivity index is 1.97. The summed E-state index contributed by atoms with van der Waals surface area (Å²) in [7, 11) is -2.08. The molecule has 10 nitrogen and oxygen atoms in total. The Hall–Kier alpha value is -2.54. The van der Waals surface area contributed by atoms with Crippen LogP contribution in [0.25, 0.3) is 22.5 Å². The van der Waals surface area contributed by atoms with Crippen molar-refractivity contribution in [1.82, 2.24) is 30.5 Å². The number of nitrogens with two attached hydrogens (primary N) is 2. The zero-order valence-corrected chi connectivity index (χ0v) is 16.5. The van der Waals surface area contributed by atoms with Crippen LogP contribution in [0.15, 0.2) is 40.4 Å². The fourth-order valence-electron chi connectivity index (χ4n) is 3.20. The summed E-state index contributed by atoms with van der Waals surface area (Å²) in [6.07, 6.45) is 3.08. The van der Waals surface area contributed by atoms with E-state index in [9.17, 15) is 8.42 Å². The van der Waals surface area contributed by atoms with Gasteiger partial charge in [0.05, 0.1) is 17.4 Å². The Labute approximate surface area is 165 Å². The number of nitrogens with one attached hydrogen (secondary N) is 1. The second kappa shape index (κ2) is 7.13. The zero-order chi connectivity index (χ0) is 19.9. The third kappa shape index (κ3) is 3.46. The molecule has 0 atom stereocenters. The number of aromatic nitrogens is 5. The number of sulfonamides is 1. The molecule has 0 spiro atoms. The summed E-state index contributed by atoms with van der Waals surface area (Å²) in [6, 6.07) is 5.26. The number of tetrazole rings is 1. The van der Waals surface area contributed by atoms with Gasteiger partial charge in [0.25, 0.3) is 0 Å². The Bertz CT molecular complexity index is 1110. The average molecular weight is 419 g/mol. The number of nitrogens with zero attached hydrogens (tertiary/aromatic N) is 5. The third-order valence-electron chi connectivity index (χ3n) is 4.44. The molecule has 0 amide bonds. The molecule has 1 saturated heterocycles. The summed E-state index contributed by atoms with van der Waals surface area (Å²) in [5, 5.41) is 19.9. The molecule has 1 aliphatic rings. The summed E-state index contributed by atoms with van der Waals surface area (Å²) in [5.41, 5.74) is 7.90. The van der Waals surface area contributed by atoms with Crippen molar-refractivity contribution >= 4 is 27.5 Å². The van der Waals surface area contributed by atoms with Gasteiger partial charge in [0, 0.05) is 35.0 Å². The lowest BCUT2D eigenvalue weighted by Crippen LogP contribution is -2.46. The van der Waals surface area contributed by atoms with E-state index in [1.165, 1.54) is 18.0 Å². The maximum Gasteiger partial charge on any atom is 0.239 e. The van der Waals surface area contributed by atoms with Crippen LogP contribution in [0, 0.1) is 0 Å². The van der Waals surface area contributed by atoms with Gasteiger partial charge in [-0.05, 0) is 30.0 Å². The highest BCUT2D eigenvalue weighted by molar-refractivity contribution is 8.00. The van der Waals surface area contributed by atoms with Gasteiger partial charge in [-0.3, -0.25) is 4.98 Å². The number of hydrogen-bond donors (Lipinski definition) is 3. The van der Waals surface area contributed by atoms with E-state index in [0.717, 1.165) is 13.1 Å². The minimum absolute atomic E-state index is 0.0258. The minimum atomic E-state index is -4.09. The molecular formula is C16H18N8O2S2. The van der Waals surface area contributed by atoms with Crippen LogP contribution in [0.4, 0.5) is 5.69 Å². The van der Waals surface area contributed by atoms with Gasteiger partial charge in [0.15, 0.2) is 0 Å². The number of likely N-dealkylation sites (tertiary alicyclic amines) is 1. The first-order valence-corrected chi connectivity index (χ1v) is 10.8. The molecule has 0 aliphatic carbocycles. The number of H-pyrrole nitrogens is 1. The third-order valence-corrected chi connectivity index (χ3v) is 6.79. The van der Waals surface area contributed by atoms with Crippen LogP contribution in [0.2, 0.25) is 0 Å². The van der Waals surface area contributed by atoms with E-state index < -0.39 is 10.0 Å². The van der Waals surface area contributed by atoms with Gasteiger partial charge in [-0.25, -0.2) is 13.6 Å². The minimum Gasteiger partial charge on any atom is -0.397 e. The fourth-order valence-corrected chi connectivity index (χ4v) is 5.90. The molecule has 3 heterocycles. The van der Waals surface area contributed by atoms with E-state index in [-0.39, 0.29) is 21.5 Å². The second-order valence-corrected chi connectivity index (χ2v) is 9.36. The summed E-state index contributed by atoms with van der Waals surface area (Å²) in [4.78, 5) is 6.67. The Kier molecular flexibility index (Phi) is 4.79. The van der Waals surface area contributed by atoms with E-state index in [0.29, 0.717) is 21.7 Å². The monoisotopic (exact) mass is 418 g/mol. The number of pyridine rings is 1. The molecule has 1 aliphatic heterocycles. The lowest BCUT2D eigenvalue weighted by atomic mass is 9.99. The average Bonchev–Trinajstić information content (AvgIpc) is 3.14. The first kappa shape index (κ1) is 18.8.